The van der Waals surface area contributed by atoms with E-state index in [1.54, 1.807) is 12.3 Å². The van der Waals surface area contributed by atoms with Crippen LogP contribution in [-0.4, -0.2) is 48.0 Å². The smallest absolute Gasteiger partial charge is 0.239 e. The Bertz CT molecular complexity index is 530. The summed E-state index contributed by atoms with van der Waals surface area (Å²) in [6.45, 7) is 6.78. The molecule has 2 rings (SSSR count). The number of hydrogen-bond donors (Lipinski definition) is 1. The number of halogens is 2. The van der Waals surface area contributed by atoms with E-state index in [-0.39, 0.29) is 5.91 Å². The highest BCUT2D eigenvalue weighted by molar-refractivity contribution is 6.36. The van der Waals surface area contributed by atoms with Crippen molar-refractivity contribution in [3.8, 4) is 0 Å². The van der Waals surface area contributed by atoms with Crippen molar-refractivity contribution in [1.29, 1.82) is 0 Å². The highest BCUT2D eigenvalue weighted by Gasteiger charge is 2.26. The molecule has 0 radical (unpaired) electrons. The molecular weight excluding hydrogens is 323 g/mol. The predicted octanol–water partition coefficient (Wildman–Crippen LogP) is 2.41. The second kappa shape index (κ2) is 7.49. The van der Waals surface area contributed by atoms with Gasteiger partial charge in [-0.3, -0.25) is 4.79 Å². The van der Waals surface area contributed by atoms with Crippen molar-refractivity contribution in [3.63, 3.8) is 0 Å². The average molecular weight is 345 g/mol. The summed E-state index contributed by atoms with van der Waals surface area (Å²) >= 11 is 12.0. The standard InChI is InChI=1S/C15H22Cl2N4O/c1-10(2)7-13(18)15(22)21-5-3-20(4-6-21)14-12(17)8-11(16)9-19-14/h8-10,13H,3-7,18H2,1-2H3/t13-/m0/s1. The molecule has 1 aromatic rings. The van der Waals surface area contributed by atoms with Gasteiger partial charge in [0.25, 0.3) is 0 Å². The summed E-state index contributed by atoms with van der Waals surface area (Å²) in [6.07, 6.45) is 2.29. The molecule has 0 aliphatic carbocycles. The van der Waals surface area contributed by atoms with Gasteiger partial charge in [0, 0.05) is 32.4 Å². The lowest BCUT2D eigenvalue weighted by atomic mass is 10.0. The number of pyridine rings is 1. The van der Waals surface area contributed by atoms with Crippen LogP contribution in [0.1, 0.15) is 20.3 Å². The molecule has 0 spiro atoms. The normalized spacial score (nSPS) is 17.0. The number of carbonyl (C=O) groups excluding carboxylic acids is 1. The van der Waals surface area contributed by atoms with E-state index in [1.807, 2.05) is 4.90 Å². The molecule has 1 aliphatic heterocycles. The third kappa shape index (κ3) is 4.24. The second-order valence-corrected chi connectivity index (χ2v) is 6.85. The summed E-state index contributed by atoms with van der Waals surface area (Å²) < 4.78 is 0. The molecule has 0 bridgehead atoms. The maximum Gasteiger partial charge on any atom is 0.239 e. The minimum absolute atomic E-state index is 0.0310. The Kier molecular flexibility index (Phi) is 5.89. The predicted molar refractivity (Wildman–Crippen MR) is 90.5 cm³/mol. The Labute approximate surface area is 141 Å². The summed E-state index contributed by atoms with van der Waals surface area (Å²) in [6, 6.07) is 1.27. The third-order valence-electron chi connectivity index (χ3n) is 3.72. The topological polar surface area (TPSA) is 62.5 Å². The van der Waals surface area contributed by atoms with Crippen LogP contribution in [0.2, 0.25) is 10.0 Å². The molecule has 2 N–H and O–H groups in total. The Morgan fingerprint density at radius 2 is 1.95 bits per heavy atom. The second-order valence-electron chi connectivity index (χ2n) is 6.01. The number of amides is 1. The first-order chi connectivity index (χ1) is 10.4. The third-order valence-corrected chi connectivity index (χ3v) is 4.21. The lowest BCUT2D eigenvalue weighted by Gasteiger charge is -2.37. The summed E-state index contributed by atoms with van der Waals surface area (Å²) in [5, 5.41) is 1.05. The zero-order valence-electron chi connectivity index (χ0n) is 12.9. The molecule has 2 heterocycles. The van der Waals surface area contributed by atoms with Crippen molar-refractivity contribution in [1.82, 2.24) is 9.88 Å². The van der Waals surface area contributed by atoms with E-state index in [9.17, 15) is 4.79 Å². The number of anilines is 1. The number of aromatic nitrogens is 1. The Morgan fingerprint density at radius 3 is 2.50 bits per heavy atom. The van der Waals surface area contributed by atoms with E-state index in [2.05, 4.69) is 23.7 Å². The molecule has 1 aromatic heterocycles. The highest BCUT2D eigenvalue weighted by atomic mass is 35.5. The molecule has 1 aliphatic rings. The van der Waals surface area contributed by atoms with Crippen LogP contribution in [0.25, 0.3) is 0 Å². The van der Waals surface area contributed by atoms with Gasteiger partial charge in [-0.25, -0.2) is 4.98 Å². The molecule has 122 valence electrons. The van der Waals surface area contributed by atoms with Gasteiger partial charge in [0.1, 0.15) is 5.82 Å². The summed E-state index contributed by atoms with van der Waals surface area (Å²) in [7, 11) is 0. The van der Waals surface area contributed by atoms with Gasteiger partial charge in [-0.1, -0.05) is 37.0 Å². The Hall–Kier alpha value is -1.04. The molecule has 1 saturated heterocycles. The summed E-state index contributed by atoms with van der Waals surface area (Å²) in [4.78, 5) is 20.5. The lowest BCUT2D eigenvalue weighted by Crippen LogP contribution is -2.53. The monoisotopic (exact) mass is 344 g/mol. The van der Waals surface area contributed by atoms with Crippen LogP contribution in [0.5, 0.6) is 0 Å². The minimum atomic E-state index is -0.413. The first-order valence-electron chi connectivity index (χ1n) is 7.49. The highest BCUT2D eigenvalue weighted by Crippen LogP contribution is 2.26. The van der Waals surface area contributed by atoms with Crippen LogP contribution in [0, 0.1) is 5.92 Å². The molecule has 1 atom stereocenters. The number of piperazine rings is 1. The van der Waals surface area contributed by atoms with Gasteiger partial charge < -0.3 is 15.5 Å². The van der Waals surface area contributed by atoms with Gasteiger partial charge >= 0.3 is 0 Å². The number of nitrogens with zero attached hydrogens (tertiary/aromatic N) is 3. The van der Waals surface area contributed by atoms with E-state index in [0.717, 1.165) is 0 Å². The first-order valence-corrected chi connectivity index (χ1v) is 8.24. The van der Waals surface area contributed by atoms with Crippen LogP contribution in [-0.2, 0) is 4.79 Å². The number of carbonyl (C=O) groups is 1. The molecule has 1 fully saturated rings. The Morgan fingerprint density at radius 1 is 1.32 bits per heavy atom. The minimum Gasteiger partial charge on any atom is -0.352 e. The van der Waals surface area contributed by atoms with Crippen LogP contribution < -0.4 is 10.6 Å². The van der Waals surface area contributed by atoms with Gasteiger partial charge in [-0.2, -0.15) is 0 Å². The van der Waals surface area contributed by atoms with Gasteiger partial charge in [0.2, 0.25) is 5.91 Å². The van der Waals surface area contributed by atoms with E-state index >= 15 is 0 Å². The van der Waals surface area contributed by atoms with Crippen molar-refractivity contribution in [2.45, 2.75) is 26.3 Å². The summed E-state index contributed by atoms with van der Waals surface area (Å²) in [5.74, 6) is 1.16. The van der Waals surface area contributed by atoms with Crippen molar-refractivity contribution < 1.29 is 4.79 Å². The quantitative estimate of drug-likeness (QED) is 0.910. The molecular formula is C15H22Cl2N4O. The number of hydrogen-bond acceptors (Lipinski definition) is 4. The molecule has 1 amide bonds. The van der Waals surface area contributed by atoms with Crippen molar-refractivity contribution in [2.24, 2.45) is 11.7 Å². The molecule has 0 unspecified atom stereocenters. The van der Waals surface area contributed by atoms with Crippen LogP contribution in [0.4, 0.5) is 5.82 Å². The zero-order valence-corrected chi connectivity index (χ0v) is 14.4. The average Bonchev–Trinajstić information content (AvgIpc) is 2.46. The maximum atomic E-state index is 12.3. The van der Waals surface area contributed by atoms with E-state index < -0.39 is 6.04 Å². The van der Waals surface area contributed by atoms with E-state index in [0.29, 0.717) is 54.4 Å². The van der Waals surface area contributed by atoms with Crippen LogP contribution >= 0.6 is 23.2 Å². The van der Waals surface area contributed by atoms with Gasteiger partial charge in [-0.05, 0) is 18.4 Å². The van der Waals surface area contributed by atoms with E-state index in [4.69, 9.17) is 28.9 Å². The lowest BCUT2D eigenvalue weighted by molar-refractivity contribution is -0.133. The molecule has 0 saturated carbocycles. The largest absolute Gasteiger partial charge is 0.352 e. The molecule has 5 nitrogen and oxygen atoms in total. The van der Waals surface area contributed by atoms with Crippen LogP contribution in [0.15, 0.2) is 12.3 Å². The fourth-order valence-electron chi connectivity index (χ4n) is 2.62. The fraction of sp³-hybridized carbons (Fsp3) is 0.600. The van der Waals surface area contributed by atoms with Crippen molar-refractivity contribution >= 4 is 34.9 Å². The zero-order chi connectivity index (χ0) is 16.3. The van der Waals surface area contributed by atoms with Gasteiger partial charge in [0.15, 0.2) is 0 Å². The molecule has 7 heteroatoms. The number of rotatable bonds is 4. The number of nitrogens with two attached hydrogens (primary N) is 1. The van der Waals surface area contributed by atoms with Crippen molar-refractivity contribution in [3.05, 3.63) is 22.3 Å². The van der Waals surface area contributed by atoms with Crippen molar-refractivity contribution in [2.75, 3.05) is 31.1 Å². The fourth-order valence-corrected chi connectivity index (χ4v) is 3.12. The maximum absolute atomic E-state index is 12.3. The molecule has 0 aromatic carbocycles. The first kappa shape index (κ1) is 17.3. The van der Waals surface area contributed by atoms with Gasteiger partial charge in [-0.15, -0.1) is 0 Å². The van der Waals surface area contributed by atoms with E-state index in [1.165, 1.54) is 0 Å². The van der Waals surface area contributed by atoms with Crippen LogP contribution in [0.3, 0.4) is 0 Å². The summed E-state index contributed by atoms with van der Waals surface area (Å²) in [5.41, 5.74) is 5.98. The van der Waals surface area contributed by atoms with Gasteiger partial charge in [0.05, 0.1) is 16.1 Å². The Balaban J connectivity index is 1.94. The molecule has 22 heavy (non-hydrogen) atoms. The SMILES string of the molecule is CC(C)C[C@H](N)C(=O)N1CCN(c2ncc(Cl)cc2Cl)CC1.